The Kier molecular flexibility index (Phi) is 4.94. The van der Waals surface area contributed by atoms with Crippen LogP contribution in [0.5, 0.6) is 5.75 Å². The quantitative estimate of drug-likeness (QED) is 0.888. The van der Waals surface area contributed by atoms with Crippen molar-refractivity contribution in [2.75, 3.05) is 17.7 Å². The fourth-order valence-corrected chi connectivity index (χ4v) is 1.95. The zero-order valence-corrected chi connectivity index (χ0v) is 12.4. The molecule has 1 amide bonds. The molecule has 2 N–H and O–H groups in total. The van der Waals surface area contributed by atoms with Gasteiger partial charge in [0.05, 0.1) is 19.0 Å². The number of carbonyl (C=O) groups is 1. The average molecular weight is 307 g/mol. The van der Waals surface area contributed by atoms with E-state index in [2.05, 4.69) is 20.6 Å². The summed E-state index contributed by atoms with van der Waals surface area (Å²) in [5.41, 5.74) is 1.58. The van der Waals surface area contributed by atoms with E-state index in [4.69, 9.17) is 16.3 Å². The Labute approximate surface area is 127 Å². The van der Waals surface area contributed by atoms with Gasteiger partial charge in [0, 0.05) is 13.5 Å². The van der Waals surface area contributed by atoms with Gasteiger partial charge in [0.2, 0.25) is 5.91 Å². The first-order chi connectivity index (χ1) is 10.1. The smallest absolute Gasteiger partial charge is 0.221 e. The molecule has 2 aromatic rings. The van der Waals surface area contributed by atoms with Crippen LogP contribution in [0.25, 0.3) is 0 Å². The van der Waals surface area contributed by atoms with E-state index >= 15 is 0 Å². The van der Waals surface area contributed by atoms with Crippen molar-refractivity contribution in [2.45, 2.75) is 13.5 Å². The summed E-state index contributed by atoms with van der Waals surface area (Å²) < 4.78 is 5.21. The lowest BCUT2D eigenvalue weighted by molar-refractivity contribution is -0.114. The normalized spacial score (nSPS) is 10.0. The fourth-order valence-electron chi connectivity index (χ4n) is 1.78. The Hall–Kier alpha value is -2.34. The van der Waals surface area contributed by atoms with Gasteiger partial charge in [0.25, 0.3) is 0 Å². The predicted octanol–water partition coefficient (Wildman–Crippen LogP) is 2.71. The number of hydrogen-bond donors (Lipinski definition) is 2. The molecular formula is C14H15ClN4O2. The molecule has 0 aliphatic heterocycles. The van der Waals surface area contributed by atoms with Crippen LogP contribution in [-0.4, -0.2) is 23.0 Å². The van der Waals surface area contributed by atoms with Crippen LogP contribution in [0.4, 0.5) is 11.5 Å². The van der Waals surface area contributed by atoms with Crippen LogP contribution in [-0.2, 0) is 11.3 Å². The lowest BCUT2D eigenvalue weighted by Crippen LogP contribution is -2.08. The minimum atomic E-state index is -0.155. The van der Waals surface area contributed by atoms with Crippen molar-refractivity contribution in [3.63, 3.8) is 0 Å². The highest BCUT2D eigenvalue weighted by molar-refractivity contribution is 6.32. The van der Waals surface area contributed by atoms with E-state index in [-0.39, 0.29) is 5.91 Å². The highest BCUT2D eigenvalue weighted by atomic mass is 35.5. The van der Waals surface area contributed by atoms with Crippen LogP contribution in [0.3, 0.4) is 0 Å². The fraction of sp³-hybridized carbons (Fsp3) is 0.214. The number of benzene rings is 1. The van der Waals surface area contributed by atoms with Crippen LogP contribution in [0, 0.1) is 0 Å². The molecule has 0 aliphatic carbocycles. The molecule has 0 atom stereocenters. The van der Waals surface area contributed by atoms with Crippen molar-refractivity contribution < 1.29 is 9.53 Å². The van der Waals surface area contributed by atoms with Crippen LogP contribution in [0.15, 0.2) is 30.7 Å². The van der Waals surface area contributed by atoms with Gasteiger partial charge in [-0.2, -0.15) is 0 Å². The van der Waals surface area contributed by atoms with Crippen molar-refractivity contribution in [3.05, 3.63) is 41.3 Å². The van der Waals surface area contributed by atoms with Gasteiger partial charge < -0.3 is 15.4 Å². The molecule has 0 unspecified atom stereocenters. The summed E-state index contributed by atoms with van der Waals surface area (Å²) in [6.45, 7) is 1.96. The lowest BCUT2D eigenvalue weighted by atomic mass is 10.2. The van der Waals surface area contributed by atoms with Gasteiger partial charge >= 0.3 is 0 Å². The number of rotatable bonds is 5. The summed E-state index contributed by atoms with van der Waals surface area (Å²) >= 11 is 5.97. The molecule has 0 fully saturated rings. The maximum atomic E-state index is 11.2. The molecule has 0 bridgehead atoms. The summed E-state index contributed by atoms with van der Waals surface area (Å²) in [7, 11) is 1.55. The molecule has 0 radical (unpaired) electrons. The van der Waals surface area contributed by atoms with Gasteiger partial charge in [-0.25, -0.2) is 9.97 Å². The summed E-state index contributed by atoms with van der Waals surface area (Å²) in [5.74, 6) is 1.01. The van der Waals surface area contributed by atoms with Crippen molar-refractivity contribution in [2.24, 2.45) is 0 Å². The Balaban J connectivity index is 2.13. The molecule has 0 aliphatic rings. The summed E-state index contributed by atoms with van der Waals surface area (Å²) in [6.07, 6.45) is 2.94. The molecule has 110 valence electrons. The van der Waals surface area contributed by atoms with Gasteiger partial charge in [-0.1, -0.05) is 17.7 Å². The number of carbonyl (C=O) groups excluding carboxylic acids is 1. The highest BCUT2D eigenvalue weighted by Gasteiger charge is 2.07. The van der Waals surface area contributed by atoms with Gasteiger partial charge in [0.15, 0.2) is 0 Å². The van der Waals surface area contributed by atoms with E-state index in [1.54, 1.807) is 13.2 Å². The van der Waals surface area contributed by atoms with Crippen LogP contribution < -0.4 is 15.4 Å². The second kappa shape index (κ2) is 6.90. The Morgan fingerprint density at radius 2 is 2.24 bits per heavy atom. The molecule has 2 rings (SSSR count). The zero-order valence-electron chi connectivity index (χ0n) is 11.7. The SMILES string of the molecule is COc1ccc(CNc2ncncc2Cl)cc1NC(C)=O. The second-order valence-electron chi connectivity index (χ2n) is 4.29. The maximum Gasteiger partial charge on any atom is 0.221 e. The zero-order chi connectivity index (χ0) is 15.2. The number of nitrogens with zero attached hydrogens (tertiary/aromatic N) is 2. The van der Waals surface area contributed by atoms with Crippen molar-refractivity contribution >= 4 is 29.0 Å². The number of amides is 1. The molecule has 0 saturated heterocycles. The van der Waals surface area contributed by atoms with E-state index in [1.807, 2.05) is 12.1 Å². The molecule has 0 spiro atoms. The van der Waals surface area contributed by atoms with Crippen molar-refractivity contribution in [1.82, 2.24) is 9.97 Å². The molecule has 6 nitrogen and oxygen atoms in total. The van der Waals surface area contributed by atoms with E-state index in [9.17, 15) is 4.79 Å². The van der Waals surface area contributed by atoms with E-state index in [0.717, 1.165) is 5.56 Å². The highest BCUT2D eigenvalue weighted by Crippen LogP contribution is 2.26. The van der Waals surface area contributed by atoms with E-state index in [1.165, 1.54) is 19.4 Å². The number of methoxy groups -OCH3 is 1. The summed E-state index contributed by atoms with van der Waals surface area (Å²) in [6, 6.07) is 5.53. The Morgan fingerprint density at radius 1 is 1.43 bits per heavy atom. The summed E-state index contributed by atoms with van der Waals surface area (Å²) in [5, 5.41) is 6.29. The number of aromatic nitrogens is 2. The van der Waals surface area contributed by atoms with Crippen LogP contribution >= 0.6 is 11.6 Å². The Bertz CT molecular complexity index is 649. The van der Waals surface area contributed by atoms with Gasteiger partial charge in [-0.15, -0.1) is 0 Å². The lowest BCUT2D eigenvalue weighted by Gasteiger charge is -2.12. The third-order valence-corrected chi connectivity index (χ3v) is 2.98. The van der Waals surface area contributed by atoms with Gasteiger partial charge in [-0.05, 0) is 17.7 Å². The number of hydrogen-bond acceptors (Lipinski definition) is 5. The number of halogens is 1. The minimum absolute atomic E-state index is 0.155. The molecule has 21 heavy (non-hydrogen) atoms. The van der Waals surface area contributed by atoms with Crippen LogP contribution in [0.1, 0.15) is 12.5 Å². The maximum absolute atomic E-state index is 11.2. The second-order valence-corrected chi connectivity index (χ2v) is 4.70. The Morgan fingerprint density at radius 3 is 2.90 bits per heavy atom. The first kappa shape index (κ1) is 15.1. The number of ether oxygens (including phenoxy) is 1. The third kappa shape index (κ3) is 4.06. The van der Waals surface area contributed by atoms with E-state index in [0.29, 0.717) is 28.8 Å². The average Bonchev–Trinajstić information content (AvgIpc) is 2.46. The van der Waals surface area contributed by atoms with E-state index < -0.39 is 0 Å². The molecular weight excluding hydrogens is 292 g/mol. The number of nitrogens with one attached hydrogen (secondary N) is 2. The first-order valence-corrected chi connectivity index (χ1v) is 6.62. The number of anilines is 2. The van der Waals surface area contributed by atoms with Gasteiger partial charge in [0.1, 0.15) is 22.9 Å². The van der Waals surface area contributed by atoms with Crippen LogP contribution in [0.2, 0.25) is 5.02 Å². The standard InChI is InChI=1S/C14H15ClN4O2/c1-9(20)19-12-5-10(3-4-13(12)21-2)6-17-14-11(15)7-16-8-18-14/h3-5,7-8H,6H2,1-2H3,(H,19,20)(H,16,17,18). The molecule has 1 aromatic carbocycles. The minimum Gasteiger partial charge on any atom is -0.495 e. The van der Waals surface area contributed by atoms with Crippen molar-refractivity contribution in [1.29, 1.82) is 0 Å². The first-order valence-electron chi connectivity index (χ1n) is 6.24. The molecule has 7 heteroatoms. The monoisotopic (exact) mass is 306 g/mol. The topological polar surface area (TPSA) is 76.1 Å². The molecule has 1 heterocycles. The largest absolute Gasteiger partial charge is 0.495 e. The van der Waals surface area contributed by atoms with Crippen molar-refractivity contribution in [3.8, 4) is 5.75 Å². The molecule has 0 saturated carbocycles. The predicted molar refractivity (Wildman–Crippen MR) is 81.7 cm³/mol. The summed E-state index contributed by atoms with van der Waals surface area (Å²) in [4.78, 5) is 19.1. The molecule has 1 aromatic heterocycles. The third-order valence-electron chi connectivity index (χ3n) is 2.70. The van der Waals surface area contributed by atoms with Gasteiger partial charge in [-0.3, -0.25) is 4.79 Å².